The molecule has 1 aliphatic heterocycles. The fourth-order valence-electron chi connectivity index (χ4n) is 2.43. The fraction of sp³-hybridized carbons (Fsp3) is 0.533. The van der Waals surface area contributed by atoms with Gasteiger partial charge in [0.15, 0.2) is 0 Å². The van der Waals surface area contributed by atoms with Crippen molar-refractivity contribution in [2.24, 2.45) is 4.99 Å². The largest absolute Gasteiger partial charge is 0.312 e. The van der Waals surface area contributed by atoms with E-state index in [1.165, 1.54) is 34.5 Å². The lowest BCUT2D eigenvalue weighted by Crippen LogP contribution is -2.23. The molecule has 1 aliphatic rings. The predicted molar refractivity (Wildman–Crippen MR) is 74.3 cm³/mol. The minimum atomic E-state index is 0.968. The van der Waals surface area contributed by atoms with Gasteiger partial charge in [0.2, 0.25) is 0 Å². The van der Waals surface area contributed by atoms with Crippen molar-refractivity contribution in [3.05, 3.63) is 28.8 Å². The predicted octanol–water partition coefficient (Wildman–Crippen LogP) is 3.53. The maximum absolute atomic E-state index is 4.84. The van der Waals surface area contributed by atoms with Gasteiger partial charge in [-0.25, -0.2) is 0 Å². The molecule has 2 nitrogen and oxygen atoms in total. The average Bonchev–Trinajstić information content (AvgIpc) is 2.33. The molecule has 0 radical (unpaired) electrons. The topological polar surface area (TPSA) is 24.4 Å². The van der Waals surface area contributed by atoms with Crippen LogP contribution in [0, 0.1) is 6.92 Å². The van der Waals surface area contributed by atoms with Crippen molar-refractivity contribution in [1.29, 1.82) is 0 Å². The first-order valence-corrected chi connectivity index (χ1v) is 6.58. The minimum absolute atomic E-state index is 0.968. The molecule has 92 valence electrons. The number of rotatable bonds is 3. The van der Waals surface area contributed by atoms with E-state index in [0.717, 1.165) is 25.9 Å². The van der Waals surface area contributed by atoms with E-state index in [0.29, 0.717) is 0 Å². The molecule has 1 aromatic carbocycles. The Morgan fingerprint density at radius 1 is 1.41 bits per heavy atom. The molecule has 0 bridgehead atoms. The normalized spacial score (nSPS) is 15.8. The Balaban J connectivity index is 2.41. The van der Waals surface area contributed by atoms with Gasteiger partial charge < -0.3 is 5.32 Å². The molecule has 17 heavy (non-hydrogen) atoms. The molecule has 0 saturated heterocycles. The molecule has 0 fully saturated rings. The Kier molecular flexibility index (Phi) is 3.95. The maximum Gasteiger partial charge on any atom is 0.0705 e. The van der Waals surface area contributed by atoms with Gasteiger partial charge in [0, 0.05) is 12.3 Å². The van der Waals surface area contributed by atoms with Crippen LogP contribution in [-0.2, 0) is 13.0 Å². The van der Waals surface area contributed by atoms with E-state index < -0.39 is 0 Å². The van der Waals surface area contributed by atoms with Crippen LogP contribution in [0.5, 0.6) is 0 Å². The third-order valence-corrected chi connectivity index (χ3v) is 3.37. The lowest BCUT2D eigenvalue weighted by molar-refractivity contribution is 0.644. The van der Waals surface area contributed by atoms with E-state index in [2.05, 4.69) is 38.2 Å². The Morgan fingerprint density at radius 3 is 3.00 bits per heavy atom. The third-order valence-electron chi connectivity index (χ3n) is 3.37. The van der Waals surface area contributed by atoms with Crippen LogP contribution in [0.3, 0.4) is 0 Å². The highest BCUT2D eigenvalue weighted by Crippen LogP contribution is 2.29. The smallest absolute Gasteiger partial charge is 0.0705 e. The Bertz CT molecular complexity index is 433. The van der Waals surface area contributed by atoms with Crippen LogP contribution in [0.15, 0.2) is 17.1 Å². The molecule has 1 aromatic rings. The zero-order chi connectivity index (χ0) is 12.3. The van der Waals surface area contributed by atoms with E-state index in [1.807, 2.05) is 0 Å². The van der Waals surface area contributed by atoms with Crippen LogP contribution in [0.25, 0.3) is 0 Å². The van der Waals surface area contributed by atoms with Gasteiger partial charge in [0.05, 0.1) is 5.69 Å². The van der Waals surface area contributed by atoms with E-state index >= 15 is 0 Å². The Labute approximate surface area is 104 Å². The SMILES string of the molecule is CCCC(C)=Nc1c(C)ccc2c1CNCC2. The van der Waals surface area contributed by atoms with Crippen LogP contribution in [0.1, 0.15) is 43.4 Å². The molecule has 0 amide bonds. The number of aryl methyl sites for hydroxylation is 1. The highest BCUT2D eigenvalue weighted by atomic mass is 14.9. The summed E-state index contributed by atoms with van der Waals surface area (Å²) < 4.78 is 0. The van der Waals surface area contributed by atoms with Gasteiger partial charge in [0.1, 0.15) is 0 Å². The van der Waals surface area contributed by atoms with Crippen LogP contribution >= 0.6 is 0 Å². The van der Waals surface area contributed by atoms with Crippen LogP contribution < -0.4 is 5.32 Å². The molecule has 0 unspecified atom stereocenters. The molecule has 0 aliphatic carbocycles. The summed E-state index contributed by atoms with van der Waals surface area (Å²) in [7, 11) is 0. The standard InChI is InChI=1S/C15H22N2/c1-4-5-12(3)17-15-11(2)6-7-13-8-9-16-10-14(13)15/h6-7,16H,4-5,8-10H2,1-3H3. The monoisotopic (exact) mass is 230 g/mol. The number of fused-ring (bicyclic) bond motifs is 1. The summed E-state index contributed by atoms with van der Waals surface area (Å²) in [5, 5.41) is 3.44. The lowest BCUT2D eigenvalue weighted by atomic mass is 9.96. The van der Waals surface area contributed by atoms with Gasteiger partial charge in [-0.15, -0.1) is 0 Å². The van der Waals surface area contributed by atoms with Crippen molar-refractivity contribution in [1.82, 2.24) is 5.32 Å². The summed E-state index contributed by atoms with van der Waals surface area (Å²) in [5.41, 5.74) is 6.63. The number of aliphatic imine (C=N–C) groups is 1. The third kappa shape index (κ3) is 2.75. The van der Waals surface area contributed by atoms with E-state index in [4.69, 9.17) is 4.99 Å². The summed E-state index contributed by atoms with van der Waals surface area (Å²) in [6, 6.07) is 4.47. The Hall–Kier alpha value is -1.15. The molecule has 0 saturated carbocycles. The van der Waals surface area contributed by atoms with Crippen molar-refractivity contribution in [2.75, 3.05) is 6.54 Å². The molecular formula is C15H22N2. The molecule has 0 atom stereocenters. The first-order valence-electron chi connectivity index (χ1n) is 6.58. The summed E-state index contributed by atoms with van der Waals surface area (Å²) in [5.74, 6) is 0. The second-order valence-electron chi connectivity index (χ2n) is 4.89. The highest BCUT2D eigenvalue weighted by molar-refractivity contribution is 5.85. The summed E-state index contributed by atoms with van der Waals surface area (Å²) in [4.78, 5) is 4.84. The fourth-order valence-corrected chi connectivity index (χ4v) is 2.43. The molecule has 2 rings (SSSR count). The molecule has 1 heterocycles. The number of nitrogens with zero attached hydrogens (tertiary/aromatic N) is 1. The van der Waals surface area contributed by atoms with Gasteiger partial charge >= 0.3 is 0 Å². The van der Waals surface area contributed by atoms with Gasteiger partial charge in [-0.3, -0.25) is 4.99 Å². The van der Waals surface area contributed by atoms with Crippen molar-refractivity contribution in [2.45, 2.75) is 46.6 Å². The van der Waals surface area contributed by atoms with Gasteiger partial charge in [-0.05, 0) is 49.9 Å². The number of benzene rings is 1. The van der Waals surface area contributed by atoms with Gasteiger partial charge in [-0.1, -0.05) is 25.5 Å². The first-order chi connectivity index (χ1) is 8.22. The second kappa shape index (κ2) is 5.46. The number of nitrogens with one attached hydrogen (secondary N) is 1. The van der Waals surface area contributed by atoms with Crippen molar-refractivity contribution in [3.63, 3.8) is 0 Å². The molecule has 0 aromatic heterocycles. The van der Waals surface area contributed by atoms with Crippen LogP contribution in [0.4, 0.5) is 5.69 Å². The quantitative estimate of drug-likeness (QED) is 0.789. The number of hydrogen-bond donors (Lipinski definition) is 1. The molecule has 2 heteroatoms. The summed E-state index contributed by atoms with van der Waals surface area (Å²) >= 11 is 0. The zero-order valence-electron chi connectivity index (χ0n) is 11.1. The van der Waals surface area contributed by atoms with Crippen molar-refractivity contribution in [3.8, 4) is 0 Å². The van der Waals surface area contributed by atoms with Gasteiger partial charge in [0.25, 0.3) is 0 Å². The second-order valence-corrected chi connectivity index (χ2v) is 4.89. The minimum Gasteiger partial charge on any atom is -0.312 e. The van der Waals surface area contributed by atoms with Gasteiger partial charge in [-0.2, -0.15) is 0 Å². The van der Waals surface area contributed by atoms with E-state index in [9.17, 15) is 0 Å². The van der Waals surface area contributed by atoms with Crippen LogP contribution in [0.2, 0.25) is 0 Å². The zero-order valence-corrected chi connectivity index (χ0v) is 11.1. The summed E-state index contributed by atoms with van der Waals surface area (Å²) in [6.45, 7) is 8.56. The maximum atomic E-state index is 4.84. The molecule has 1 N–H and O–H groups in total. The molecule has 0 spiro atoms. The summed E-state index contributed by atoms with van der Waals surface area (Å²) in [6.07, 6.45) is 3.39. The van der Waals surface area contributed by atoms with Crippen LogP contribution in [-0.4, -0.2) is 12.3 Å². The van der Waals surface area contributed by atoms with E-state index in [-0.39, 0.29) is 0 Å². The molecular weight excluding hydrogens is 208 g/mol. The van der Waals surface area contributed by atoms with Crippen molar-refractivity contribution < 1.29 is 0 Å². The van der Waals surface area contributed by atoms with E-state index in [1.54, 1.807) is 0 Å². The Morgan fingerprint density at radius 2 is 2.24 bits per heavy atom. The van der Waals surface area contributed by atoms with Crippen molar-refractivity contribution >= 4 is 11.4 Å². The highest BCUT2D eigenvalue weighted by Gasteiger charge is 2.14. The first kappa shape index (κ1) is 12.3. The number of hydrogen-bond acceptors (Lipinski definition) is 2. The lowest BCUT2D eigenvalue weighted by Gasteiger charge is -2.20. The average molecular weight is 230 g/mol.